The number of piperidine rings is 1. The van der Waals surface area contributed by atoms with Crippen LogP contribution in [0.1, 0.15) is 34.9 Å². The van der Waals surface area contributed by atoms with Crippen molar-refractivity contribution < 1.29 is 9.53 Å². The van der Waals surface area contributed by atoms with Crippen LogP contribution in [0.3, 0.4) is 0 Å². The molecule has 1 atom stereocenters. The maximum Gasteiger partial charge on any atom is 0.350 e. The lowest BCUT2D eigenvalue weighted by Gasteiger charge is -2.32. The molecule has 8 heteroatoms. The zero-order valence-corrected chi connectivity index (χ0v) is 17.7. The molecule has 0 bridgehead atoms. The van der Waals surface area contributed by atoms with Crippen LogP contribution in [0.15, 0.2) is 53.3 Å². The summed E-state index contributed by atoms with van der Waals surface area (Å²) in [6, 6.07) is 14.5. The Kier molecular flexibility index (Phi) is 5.63. The fraction of sp³-hybridized carbons (Fsp3) is 0.318. The highest BCUT2D eigenvalue weighted by atomic mass is 35.5. The highest BCUT2D eigenvalue weighted by Gasteiger charge is 2.31. The molecule has 156 valence electrons. The van der Waals surface area contributed by atoms with E-state index in [9.17, 15) is 9.59 Å². The molecule has 0 N–H and O–H groups in total. The van der Waals surface area contributed by atoms with E-state index in [1.165, 1.54) is 11.8 Å². The minimum atomic E-state index is -0.198. The summed E-state index contributed by atoms with van der Waals surface area (Å²) in [5.74, 6) is 0.973. The summed E-state index contributed by atoms with van der Waals surface area (Å²) in [6.07, 6.45) is 1.67. The van der Waals surface area contributed by atoms with Gasteiger partial charge in [0.1, 0.15) is 11.6 Å². The highest BCUT2D eigenvalue weighted by Crippen LogP contribution is 2.30. The van der Waals surface area contributed by atoms with Crippen molar-refractivity contribution in [3.05, 3.63) is 75.4 Å². The molecule has 1 unspecified atom stereocenters. The van der Waals surface area contributed by atoms with Crippen molar-refractivity contribution in [1.29, 1.82) is 0 Å². The summed E-state index contributed by atoms with van der Waals surface area (Å²) < 4.78 is 8.34. The third-order valence-electron chi connectivity index (χ3n) is 5.43. The monoisotopic (exact) mass is 426 g/mol. The predicted octanol–water partition coefficient (Wildman–Crippen LogP) is 3.25. The zero-order chi connectivity index (χ0) is 21.3. The van der Waals surface area contributed by atoms with Crippen LogP contribution < -0.4 is 10.4 Å². The van der Waals surface area contributed by atoms with Gasteiger partial charge in [0.05, 0.1) is 18.4 Å². The number of amides is 1. The summed E-state index contributed by atoms with van der Waals surface area (Å²) in [5, 5.41) is 4.99. The van der Waals surface area contributed by atoms with Gasteiger partial charge < -0.3 is 9.64 Å². The Balaban J connectivity index is 1.66. The number of hydrogen-bond donors (Lipinski definition) is 0. The fourth-order valence-electron chi connectivity index (χ4n) is 3.96. The number of methoxy groups -OCH3 is 1. The number of hydrogen-bond acceptors (Lipinski definition) is 4. The first-order valence-corrected chi connectivity index (χ1v) is 10.2. The molecule has 2 aromatic carbocycles. The van der Waals surface area contributed by atoms with Crippen molar-refractivity contribution in [1.82, 2.24) is 19.2 Å². The Labute approximate surface area is 179 Å². The number of carbonyl (C=O) groups excluding carboxylic acids is 1. The molecular weight excluding hydrogens is 404 g/mol. The number of halogens is 1. The van der Waals surface area contributed by atoms with Crippen LogP contribution in [0, 0.1) is 0 Å². The second-order valence-electron chi connectivity index (χ2n) is 7.37. The van der Waals surface area contributed by atoms with Crippen molar-refractivity contribution in [3.63, 3.8) is 0 Å². The van der Waals surface area contributed by atoms with Gasteiger partial charge in [-0.05, 0) is 43.2 Å². The van der Waals surface area contributed by atoms with Gasteiger partial charge in [-0.25, -0.2) is 14.0 Å². The Morgan fingerprint density at radius 2 is 1.97 bits per heavy atom. The molecule has 3 aromatic rings. The number of nitrogens with zero attached hydrogens (tertiary/aromatic N) is 4. The average Bonchev–Trinajstić information content (AvgIpc) is 3.08. The van der Waals surface area contributed by atoms with Crippen molar-refractivity contribution >= 4 is 17.5 Å². The minimum absolute atomic E-state index is 0.0537. The molecule has 1 aliphatic rings. The lowest BCUT2D eigenvalue weighted by Crippen LogP contribution is -2.40. The predicted molar refractivity (Wildman–Crippen MR) is 115 cm³/mol. The van der Waals surface area contributed by atoms with E-state index >= 15 is 0 Å². The van der Waals surface area contributed by atoms with E-state index in [-0.39, 0.29) is 17.5 Å². The number of para-hydroxylation sites is 1. The molecule has 1 amide bonds. The van der Waals surface area contributed by atoms with Crippen LogP contribution in [-0.2, 0) is 7.05 Å². The van der Waals surface area contributed by atoms with Gasteiger partial charge in [-0.15, -0.1) is 0 Å². The lowest BCUT2D eigenvalue weighted by atomic mass is 9.96. The topological polar surface area (TPSA) is 69.4 Å². The van der Waals surface area contributed by atoms with Crippen molar-refractivity contribution in [2.45, 2.75) is 18.8 Å². The van der Waals surface area contributed by atoms with Crippen LogP contribution in [-0.4, -0.2) is 45.4 Å². The number of ether oxygens (including phenoxy) is 1. The van der Waals surface area contributed by atoms with Crippen LogP contribution in [0.4, 0.5) is 0 Å². The summed E-state index contributed by atoms with van der Waals surface area (Å²) in [5.41, 5.74) is 1.01. The second kappa shape index (κ2) is 8.36. The molecule has 1 aromatic heterocycles. The van der Waals surface area contributed by atoms with E-state index in [4.69, 9.17) is 16.3 Å². The summed E-state index contributed by atoms with van der Waals surface area (Å²) in [7, 11) is 3.18. The van der Waals surface area contributed by atoms with E-state index in [2.05, 4.69) is 5.10 Å². The van der Waals surface area contributed by atoms with Crippen molar-refractivity contribution in [2.75, 3.05) is 20.2 Å². The van der Waals surface area contributed by atoms with E-state index in [1.54, 1.807) is 34.7 Å². The lowest BCUT2D eigenvalue weighted by molar-refractivity contribution is 0.0700. The molecule has 0 aliphatic carbocycles. The summed E-state index contributed by atoms with van der Waals surface area (Å²) in [6.45, 7) is 1.10. The van der Waals surface area contributed by atoms with Crippen molar-refractivity contribution in [2.24, 2.45) is 7.05 Å². The minimum Gasteiger partial charge on any atom is -0.496 e. The van der Waals surface area contributed by atoms with Crippen LogP contribution in [0.5, 0.6) is 5.75 Å². The zero-order valence-electron chi connectivity index (χ0n) is 16.9. The Hall–Kier alpha value is -3.06. The SMILES string of the molecule is COc1ccc(Cl)cc1C(=O)N1CCCC(c2nn(C)c(=O)n2-c2ccccc2)C1. The molecule has 0 spiro atoms. The van der Waals surface area contributed by atoms with E-state index in [1.807, 2.05) is 30.3 Å². The number of likely N-dealkylation sites (tertiary alicyclic amines) is 1. The Morgan fingerprint density at radius 1 is 1.20 bits per heavy atom. The maximum absolute atomic E-state index is 13.2. The third-order valence-corrected chi connectivity index (χ3v) is 5.66. The Morgan fingerprint density at radius 3 is 2.70 bits per heavy atom. The molecule has 4 rings (SSSR count). The average molecular weight is 427 g/mol. The molecular formula is C22H23ClN4O3. The van der Waals surface area contributed by atoms with Gasteiger partial charge in [-0.3, -0.25) is 4.79 Å². The van der Waals surface area contributed by atoms with Crippen LogP contribution in [0.2, 0.25) is 5.02 Å². The maximum atomic E-state index is 13.2. The highest BCUT2D eigenvalue weighted by molar-refractivity contribution is 6.31. The van der Waals surface area contributed by atoms with Crippen LogP contribution in [0.25, 0.3) is 5.69 Å². The molecule has 1 saturated heterocycles. The molecule has 1 fully saturated rings. The normalized spacial score (nSPS) is 16.5. The number of aryl methyl sites for hydroxylation is 1. The van der Waals surface area contributed by atoms with E-state index in [0.29, 0.717) is 35.2 Å². The van der Waals surface area contributed by atoms with Crippen molar-refractivity contribution in [3.8, 4) is 11.4 Å². The van der Waals surface area contributed by atoms with Gasteiger partial charge in [-0.2, -0.15) is 5.10 Å². The standard InChI is InChI=1S/C22H23ClN4O3/c1-25-22(29)27(17-8-4-3-5-9-17)20(24-25)15-7-6-12-26(14-15)21(28)18-13-16(23)10-11-19(18)30-2/h3-5,8-11,13,15H,6-7,12,14H2,1-2H3. The number of rotatable bonds is 4. The van der Waals surface area contributed by atoms with Gasteiger partial charge in [0.25, 0.3) is 5.91 Å². The molecule has 7 nitrogen and oxygen atoms in total. The largest absolute Gasteiger partial charge is 0.496 e. The van der Waals surface area contributed by atoms with Crippen LogP contribution >= 0.6 is 11.6 Å². The fourth-order valence-corrected chi connectivity index (χ4v) is 4.13. The van der Waals surface area contributed by atoms with Gasteiger partial charge in [0, 0.05) is 31.1 Å². The molecule has 30 heavy (non-hydrogen) atoms. The number of carbonyl (C=O) groups is 1. The van der Waals surface area contributed by atoms with Gasteiger partial charge in [0.2, 0.25) is 0 Å². The molecule has 0 saturated carbocycles. The first-order chi connectivity index (χ1) is 14.5. The van der Waals surface area contributed by atoms with Gasteiger partial charge >= 0.3 is 5.69 Å². The summed E-state index contributed by atoms with van der Waals surface area (Å²) >= 11 is 6.11. The smallest absolute Gasteiger partial charge is 0.350 e. The Bertz CT molecular complexity index is 1120. The first kappa shape index (κ1) is 20.2. The molecule has 1 aliphatic heterocycles. The van der Waals surface area contributed by atoms with E-state index in [0.717, 1.165) is 18.5 Å². The number of aromatic nitrogens is 3. The van der Waals surface area contributed by atoms with E-state index < -0.39 is 0 Å². The second-order valence-corrected chi connectivity index (χ2v) is 7.81. The first-order valence-electron chi connectivity index (χ1n) is 9.83. The number of benzene rings is 2. The summed E-state index contributed by atoms with van der Waals surface area (Å²) in [4.78, 5) is 27.8. The van der Waals surface area contributed by atoms with Gasteiger partial charge in [0.15, 0.2) is 0 Å². The quantitative estimate of drug-likeness (QED) is 0.642. The van der Waals surface area contributed by atoms with Gasteiger partial charge in [-0.1, -0.05) is 29.8 Å². The molecule has 0 radical (unpaired) electrons. The third kappa shape index (κ3) is 3.73. The molecule has 2 heterocycles.